The minimum atomic E-state index is -0.495. The predicted octanol–water partition coefficient (Wildman–Crippen LogP) is 5.17. The van der Waals surface area contributed by atoms with Crippen LogP contribution in [0, 0.1) is 24.7 Å². The Morgan fingerprint density at radius 1 is 0.891 bits per heavy atom. The molecule has 0 bridgehead atoms. The number of aryl methyl sites for hydroxylation is 1. The summed E-state index contributed by atoms with van der Waals surface area (Å²) in [4.78, 5) is 49.4. The summed E-state index contributed by atoms with van der Waals surface area (Å²) in [6.45, 7) is 7.49. The van der Waals surface area contributed by atoms with Crippen molar-refractivity contribution in [3.8, 4) is 5.75 Å². The number of nitrogens with zero attached hydrogens (tertiary/aromatic N) is 4. The van der Waals surface area contributed by atoms with Crippen LogP contribution < -0.4 is 0 Å². The van der Waals surface area contributed by atoms with Crippen molar-refractivity contribution < 1.29 is 19.5 Å². The van der Waals surface area contributed by atoms with Crippen molar-refractivity contribution >= 4 is 29.3 Å². The summed E-state index contributed by atoms with van der Waals surface area (Å²) in [6.07, 6.45) is 7.43. The number of aromatic hydroxyl groups is 1. The molecule has 1 atom stereocenters. The Labute approximate surface area is 278 Å². The summed E-state index contributed by atoms with van der Waals surface area (Å²) in [6, 6.07) is 11.6. The lowest BCUT2D eigenvalue weighted by atomic mass is 9.78. The maximum atomic E-state index is 14.1. The SMILES string of the molecule is Cc1cc(C[C@@H](CC(=O)N2CCC(N3CCc4ccccc4C3=O)CC2)C(=O)N2CCC(C3CCN(C)CC3)CC2)cc(Cl)c1O. The highest BCUT2D eigenvalue weighted by molar-refractivity contribution is 6.32. The first-order chi connectivity index (χ1) is 22.2. The maximum Gasteiger partial charge on any atom is 0.254 e. The van der Waals surface area contributed by atoms with Gasteiger partial charge in [0.25, 0.3) is 5.91 Å². The molecular weight excluding hydrogens is 600 g/mol. The fraction of sp³-hybridized carbons (Fsp3) is 0.595. The Morgan fingerprint density at radius 3 is 2.20 bits per heavy atom. The van der Waals surface area contributed by atoms with Crippen molar-refractivity contribution in [2.75, 3.05) is 52.9 Å². The number of amides is 3. The first-order valence-electron chi connectivity index (χ1n) is 17.3. The summed E-state index contributed by atoms with van der Waals surface area (Å²) < 4.78 is 0. The van der Waals surface area contributed by atoms with Crippen molar-refractivity contribution in [1.82, 2.24) is 19.6 Å². The summed E-state index contributed by atoms with van der Waals surface area (Å²) in [5.74, 6) is 1.10. The van der Waals surface area contributed by atoms with Crippen molar-refractivity contribution in [3.63, 3.8) is 0 Å². The average molecular weight is 649 g/mol. The van der Waals surface area contributed by atoms with E-state index in [0.717, 1.165) is 80.9 Å². The van der Waals surface area contributed by atoms with Gasteiger partial charge in [-0.25, -0.2) is 0 Å². The largest absolute Gasteiger partial charge is 0.506 e. The predicted molar refractivity (Wildman–Crippen MR) is 180 cm³/mol. The highest BCUT2D eigenvalue weighted by Crippen LogP contribution is 2.34. The highest BCUT2D eigenvalue weighted by Gasteiger charge is 2.36. The summed E-state index contributed by atoms with van der Waals surface area (Å²) >= 11 is 6.32. The number of fused-ring (bicyclic) bond motifs is 1. The third kappa shape index (κ3) is 7.23. The fourth-order valence-electron chi connectivity index (χ4n) is 8.37. The number of halogens is 1. The second kappa shape index (κ2) is 14.3. The van der Waals surface area contributed by atoms with Gasteiger partial charge < -0.3 is 24.7 Å². The third-order valence-electron chi connectivity index (χ3n) is 11.2. The highest BCUT2D eigenvalue weighted by atomic mass is 35.5. The van der Waals surface area contributed by atoms with Crippen LogP contribution in [-0.2, 0) is 22.4 Å². The molecule has 6 rings (SSSR count). The van der Waals surface area contributed by atoms with Gasteiger partial charge in [-0.15, -0.1) is 0 Å². The molecule has 4 aliphatic heterocycles. The molecule has 2 aromatic carbocycles. The van der Waals surface area contributed by atoms with Crippen molar-refractivity contribution in [2.24, 2.45) is 17.8 Å². The van der Waals surface area contributed by atoms with Crippen LogP contribution in [0.1, 0.15) is 72.0 Å². The number of carbonyl (C=O) groups excluding carboxylic acids is 3. The number of carbonyl (C=O) groups is 3. The minimum Gasteiger partial charge on any atom is -0.506 e. The molecule has 0 aromatic heterocycles. The van der Waals surface area contributed by atoms with E-state index in [1.54, 1.807) is 13.0 Å². The lowest BCUT2D eigenvalue weighted by molar-refractivity contribution is -0.143. The number of piperidine rings is 3. The van der Waals surface area contributed by atoms with Gasteiger partial charge in [-0.05, 0) is 119 Å². The van der Waals surface area contributed by atoms with Gasteiger partial charge in [-0.3, -0.25) is 14.4 Å². The van der Waals surface area contributed by atoms with E-state index >= 15 is 0 Å². The van der Waals surface area contributed by atoms with E-state index in [1.807, 2.05) is 45.0 Å². The molecule has 0 saturated carbocycles. The molecule has 0 unspecified atom stereocenters. The fourth-order valence-corrected chi connectivity index (χ4v) is 8.65. The van der Waals surface area contributed by atoms with Crippen molar-refractivity contribution in [2.45, 2.75) is 70.8 Å². The molecule has 248 valence electrons. The monoisotopic (exact) mass is 648 g/mol. The molecule has 46 heavy (non-hydrogen) atoms. The molecule has 0 spiro atoms. The Hall–Kier alpha value is -3.10. The van der Waals surface area contributed by atoms with Gasteiger partial charge in [0.2, 0.25) is 11.8 Å². The number of phenols is 1. The molecule has 1 N–H and O–H groups in total. The van der Waals surface area contributed by atoms with Gasteiger partial charge in [-0.2, -0.15) is 0 Å². The van der Waals surface area contributed by atoms with Crippen molar-refractivity contribution in [3.05, 3.63) is 63.7 Å². The Morgan fingerprint density at radius 2 is 1.52 bits per heavy atom. The lowest BCUT2D eigenvalue weighted by Gasteiger charge is -2.41. The van der Waals surface area contributed by atoms with Gasteiger partial charge in [0, 0.05) is 50.7 Å². The van der Waals surface area contributed by atoms with E-state index in [2.05, 4.69) is 11.9 Å². The Kier molecular flexibility index (Phi) is 10.2. The molecule has 3 fully saturated rings. The van der Waals surface area contributed by atoms with Crippen LogP contribution in [0.25, 0.3) is 0 Å². The lowest BCUT2D eigenvalue weighted by Crippen LogP contribution is -2.51. The van der Waals surface area contributed by atoms with Crippen LogP contribution in [0.15, 0.2) is 36.4 Å². The van der Waals surface area contributed by atoms with Crippen molar-refractivity contribution in [1.29, 1.82) is 0 Å². The average Bonchev–Trinajstić information content (AvgIpc) is 3.07. The van der Waals surface area contributed by atoms with Crippen LogP contribution in [-0.4, -0.2) is 101 Å². The molecular formula is C37H49ClN4O4. The summed E-state index contributed by atoms with van der Waals surface area (Å²) in [5, 5.41) is 10.5. The van der Waals surface area contributed by atoms with E-state index in [4.69, 9.17) is 11.6 Å². The van der Waals surface area contributed by atoms with Crippen LogP contribution in [0.4, 0.5) is 0 Å². The third-order valence-corrected chi connectivity index (χ3v) is 11.5. The van der Waals surface area contributed by atoms with Crippen LogP contribution >= 0.6 is 11.6 Å². The number of phenolic OH excluding ortho intramolecular Hbond substituents is 1. The molecule has 4 heterocycles. The van der Waals surface area contributed by atoms with Gasteiger partial charge in [0.15, 0.2) is 0 Å². The second-order valence-electron chi connectivity index (χ2n) is 14.2. The standard InChI is InChI=1S/C37H49ClN4O4/c1-25-21-26(23-33(38)35(25)44)22-30(36(45)41-16-9-28(10-17-41)27-7-14-39(2)15-8-27)24-34(43)40-18-12-31(13-19-40)42-20-11-29-5-3-4-6-32(29)37(42)46/h3-6,21,23,27-28,30-31,44H,7-20,22,24H2,1-2H3/t30-/m0/s1. The first kappa shape index (κ1) is 32.8. The normalized spacial score (nSPS) is 21.4. The summed E-state index contributed by atoms with van der Waals surface area (Å²) in [7, 11) is 2.19. The Bertz CT molecular complexity index is 1400. The minimum absolute atomic E-state index is 0.00470. The number of benzene rings is 2. The molecule has 0 radical (unpaired) electrons. The van der Waals surface area contributed by atoms with Gasteiger partial charge in [0.1, 0.15) is 5.75 Å². The zero-order chi connectivity index (χ0) is 32.4. The summed E-state index contributed by atoms with van der Waals surface area (Å²) in [5.41, 5.74) is 3.43. The van der Waals surface area contributed by atoms with Gasteiger partial charge in [0.05, 0.1) is 10.9 Å². The van der Waals surface area contributed by atoms with E-state index < -0.39 is 5.92 Å². The number of rotatable bonds is 7. The van der Waals surface area contributed by atoms with E-state index in [9.17, 15) is 19.5 Å². The van der Waals surface area contributed by atoms with Crippen LogP contribution in [0.5, 0.6) is 5.75 Å². The van der Waals surface area contributed by atoms with Crippen LogP contribution in [0.2, 0.25) is 5.02 Å². The molecule has 8 nitrogen and oxygen atoms in total. The number of hydrogen-bond donors (Lipinski definition) is 1. The molecule has 4 aliphatic rings. The van der Waals surface area contributed by atoms with Gasteiger partial charge >= 0.3 is 0 Å². The second-order valence-corrected chi connectivity index (χ2v) is 14.6. The molecule has 3 saturated heterocycles. The number of hydrogen-bond acceptors (Lipinski definition) is 5. The van der Waals surface area contributed by atoms with Gasteiger partial charge in [-0.1, -0.05) is 35.9 Å². The topological polar surface area (TPSA) is 84.4 Å². The van der Waals surface area contributed by atoms with E-state index in [0.29, 0.717) is 37.5 Å². The smallest absolute Gasteiger partial charge is 0.254 e. The quantitative estimate of drug-likeness (QED) is 0.448. The zero-order valence-corrected chi connectivity index (χ0v) is 28.2. The number of likely N-dealkylation sites (tertiary alicyclic amines) is 3. The van der Waals surface area contributed by atoms with E-state index in [1.165, 1.54) is 12.8 Å². The molecule has 0 aliphatic carbocycles. The van der Waals surface area contributed by atoms with E-state index in [-0.39, 0.29) is 41.0 Å². The van der Waals surface area contributed by atoms with Crippen LogP contribution in [0.3, 0.4) is 0 Å². The molecule has 3 amide bonds. The molecule has 9 heteroatoms. The first-order valence-corrected chi connectivity index (χ1v) is 17.7. The molecule has 2 aromatic rings. The maximum absolute atomic E-state index is 14.1. The zero-order valence-electron chi connectivity index (χ0n) is 27.4. The Balaban J connectivity index is 1.09.